The highest BCUT2D eigenvalue weighted by molar-refractivity contribution is 7.22. The third-order valence-electron chi connectivity index (χ3n) is 7.62. The van der Waals surface area contributed by atoms with Gasteiger partial charge < -0.3 is 10.6 Å². The molecule has 8 rings (SSSR count). The molecule has 3 aromatic carbocycles. The normalized spacial score (nSPS) is 14.0. The fourth-order valence-electron chi connectivity index (χ4n) is 5.65. The summed E-state index contributed by atoms with van der Waals surface area (Å²) < 4.78 is 3.46. The van der Waals surface area contributed by atoms with Gasteiger partial charge in [-0.05, 0) is 55.7 Å². The number of para-hydroxylation sites is 3. The SMILES string of the molecule is Nc1c(-c2nc3ccccc3s2)c(Cc2nc3ccccc3s2)nc(N2CCCCC2)c1-c1nc2ccccc2s1. The molecule has 0 atom stereocenters. The van der Waals surface area contributed by atoms with Crippen LogP contribution in [0.3, 0.4) is 0 Å². The van der Waals surface area contributed by atoms with E-state index in [9.17, 15) is 0 Å². The fourth-order valence-corrected chi connectivity index (χ4v) is 8.69. The number of nitrogens with two attached hydrogens (primary N) is 1. The van der Waals surface area contributed by atoms with Crippen molar-refractivity contribution in [1.29, 1.82) is 0 Å². The highest BCUT2D eigenvalue weighted by Crippen LogP contribution is 2.47. The lowest BCUT2D eigenvalue weighted by molar-refractivity contribution is 0.573. The van der Waals surface area contributed by atoms with Crippen molar-refractivity contribution in [2.75, 3.05) is 23.7 Å². The highest BCUT2D eigenvalue weighted by atomic mass is 32.1. The lowest BCUT2D eigenvalue weighted by Gasteiger charge is -2.30. The van der Waals surface area contributed by atoms with Gasteiger partial charge in [-0.25, -0.2) is 19.9 Å². The summed E-state index contributed by atoms with van der Waals surface area (Å²) in [6.45, 7) is 1.93. The Morgan fingerprint density at radius 2 is 1.15 bits per heavy atom. The predicted octanol–water partition coefficient (Wildman–Crippen LogP) is 8.41. The molecule has 0 radical (unpaired) electrons. The first-order valence-electron chi connectivity index (χ1n) is 13.8. The van der Waals surface area contributed by atoms with Crippen molar-refractivity contribution in [3.63, 3.8) is 0 Å². The molecule has 1 fully saturated rings. The highest BCUT2D eigenvalue weighted by Gasteiger charge is 2.28. The van der Waals surface area contributed by atoms with Crippen LogP contribution in [0.2, 0.25) is 0 Å². The molecule has 4 aromatic heterocycles. The van der Waals surface area contributed by atoms with E-state index >= 15 is 0 Å². The molecule has 7 aromatic rings. The topological polar surface area (TPSA) is 80.8 Å². The lowest BCUT2D eigenvalue weighted by atomic mass is 10.0. The second-order valence-corrected chi connectivity index (χ2v) is 13.5. The molecule has 0 saturated carbocycles. The molecular weight excluding hydrogens is 565 g/mol. The molecule has 0 spiro atoms. The van der Waals surface area contributed by atoms with Gasteiger partial charge in [-0.2, -0.15) is 0 Å². The molecular formula is C32H26N6S3. The average molecular weight is 591 g/mol. The van der Waals surface area contributed by atoms with Crippen LogP contribution in [0.5, 0.6) is 0 Å². The number of nitrogen functional groups attached to an aromatic ring is 1. The largest absolute Gasteiger partial charge is 0.397 e. The first-order chi connectivity index (χ1) is 20.2. The molecule has 0 unspecified atom stereocenters. The van der Waals surface area contributed by atoms with Crippen LogP contribution in [0.15, 0.2) is 72.8 Å². The van der Waals surface area contributed by atoms with E-state index < -0.39 is 0 Å². The van der Waals surface area contributed by atoms with Crippen molar-refractivity contribution in [2.45, 2.75) is 25.7 Å². The molecule has 0 bridgehead atoms. The molecule has 6 nitrogen and oxygen atoms in total. The molecule has 1 aliphatic heterocycles. The molecule has 1 aliphatic rings. The van der Waals surface area contributed by atoms with Crippen molar-refractivity contribution in [1.82, 2.24) is 19.9 Å². The number of hydrogen-bond acceptors (Lipinski definition) is 9. The van der Waals surface area contributed by atoms with Gasteiger partial charge in [0, 0.05) is 19.5 Å². The van der Waals surface area contributed by atoms with Gasteiger partial charge in [0.1, 0.15) is 15.8 Å². The molecule has 1 saturated heterocycles. The minimum atomic E-state index is 0.593. The van der Waals surface area contributed by atoms with Crippen molar-refractivity contribution >= 4 is 76.2 Å². The third-order valence-corrected chi connectivity index (χ3v) is 10.8. The van der Waals surface area contributed by atoms with Crippen molar-refractivity contribution in [2.24, 2.45) is 0 Å². The summed E-state index contributed by atoms with van der Waals surface area (Å²) in [7, 11) is 0. The number of aromatic nitrogens is 4. The quantitative estimate of drug-likeness (QED) is 0.217. The Kier molecular flexibility index (Phi) is 6.16. The van der Waals surface area contributed by atoms with Crippen LogP contribution in [0.4, 0.5) is 11.5 Å². The number of piperidine rings is 1. The summed E-state index contributed by atoms with van der Waals surface area (Å²) in [6, 6.07) is 24.8. The number of nitrogens with zero attached hydrogens (tertiary/aromatic N) is 5. The Balaban J connectivity index is 1.39. The minimum absolute atomic E-state index is 0.593. The molecule has 41 heavy (non-hydrogen) atoms. The van der Waals surface area contributed by atoms with Gasteiger partial charge in [0.05, 0.1) is 58.2 Å². The van der Waals surface area contributed by atoms with Gasteiger partial charge in [-0.15, -0.1) is 34.0 Å². The van der Waals surface area contributed by atoms with Crippen LogP contribution in [0.25, 0.3) is 51.8 Å². The number of rotatable bonds is 5. The maximum absolute atomic E-state index is 7.28. The van der Waals surface area contributed by atoms with E-state index in [-0.39, 0.29) is 0 Å². The molecule has 0 amide bonds. The third kappa shape index (κ3) is 4.45. The van der Waals surface area contributed by atoms with Gasteiger partial charge in [-0.3, -0.25) is 0 Å². The van der Waals surface area contributed by atoms with E-state index in [4.69, 9.17) is 25.7 Å². The lowest BCUT2D eigenvalue weighted by Crippen LogP contribution is -2.31. The Morgan fingerprint density at radius 1 is 0.610 bits per heavy atom. The Hall–Kier alpha value is -3.92. The van der Waals surface area contributed by atoms with E-state index in [2.05, 4.69) is 59.5 Å². The van der Waals surface area contributed by atoms with E-state index in [0.29, 0.717) is 12.1 Å². The van der Waals surface area contributed by atoms with Crippen LogP contribution < -0.4 is 10.6 Å². The van der Waals surface area contributed by atoms with E-state index in [0.717, 1.165) is 89.5 Å². The predicted molar refractivity (Wildman–Crippen MR) is 174 cm³/mol. The monoisotopic (exact) mass is 590 g/mol. The van der Waals surface area contributed by atoms with Crippen molar-refractivity contribution in [3.05, 3.63) is 83.5 Å². The van der Waals surface area contributed by atoms with Crippen LogP contribution >= 0.6 is 34.0 Å². The Labute approximate surface area is 249 Å². The first kappa shape index (κ1) is 24.8. The molecule has 9 heteroatoms. The van der Waals surface area contributed by atoms with Gasteiger partial charge in [-0.1, -0.05) is 36.4 Å². The first-order valence-corrected chi connectivity index (χ1v) is 16.3. The van der Waals surface area contributed by atoms with Crippen LogP contribution in [0, 0.1) is 0 Å². The fraction of sp³-hybridized carbons (Fsp3) is 0.188. The number of hydrogen-bond donors (Lipinski definition) is 1. The van der Waals surface area contributed by atoms with Crippen molar-refractivity contribution < 1.29 is 0 Å². The zero-order valence-corrected chi connectivity index (χ0v) is 24.7. The van der Waals surface area contributed by atoms with Gasteiger partial charge in [0.15, 0.2) is 0 Å². The molecule has 202 valence electrons. The summed E-state index contributed by atoms with van der Waals surface area (Å²) in [5.74, 6) is 0.933. The Morgan fingerprint density at radius 3 is 1.73 bits per heavy atom. The second-order valence-electron chi connectivity index (χ2n) is 10.3. The Bertz CT molecular complexity index is 1950. The van der Waals surface area contributed by atoms with Gasteiger partial charge >= 0.3 is 0 Å². The number of fused-ring (bicyclic) bond motifs is 3. The summed E-state index contributed by atoms with van der Waals surface area (Å²) >= 11 is 5.06. The maximum Gasteiger partial charge on any atom is 0.141 e. The van der Waals surface area contributed by atoms with Crippen LogP contribution in [0.1, 0.15) is 30.0 Å². The summed E-state index contributed by atoms with van der Waals surface area (Å²) in [4.78, 5) is 23.0. The van der Waals surface area contributed by atoms with Crippen molar-refractivity contribution in [3.8, 4) is 21.1 Å². The molecule has 2 N–H and O–H groups in total. The minimum Gasteiger partial charge on any atom is -0.397 e. The molecule has 5 heterocycles. The van der Waals surface area contributed by atoms with Crippen LogP contribution in [-0.2, 0) is 6.42 Å². The average Bonchev–Trinajstić information content (AvgIpc) is 3.73. The summed E-state index contributed by atoms with van der Waals surface area (Å²) in [6.07, 6.45) is 4.13. The zero-order valence-electron chi connectivity index (χ0n) is 22.2. The van der Waals surface area contributed by atoms with Gasteiger partial charge in [0.25, 0.3) is 0 Å². The van der Waals surface area contributed by atoms with E-state index in [1.165, 1.54) is 11.1 Å². The van der Waals surface area contributed by atoms with Crippen LogP contribution in [-0.4, -0.2) is 33.0 Å². The summed E-state index contributed by atoms with van der Waals surface area (Å²) in [5.41, 5.74) is 13.7. The van der Waals surface area contributed by atoms with E-state index in [1.807, 2.05) is 18.2 Å². The standard InChI is InChI=1S/C32H26N6S3/c33-29-27(31-36-20-11-3-6-14-24(20)40-31)22(18-26-34-19-10-2-5-13-23(19)39-26)35-30(38-16-8-1-9-17-38)28(29)32-37-21-12-4-7-15-25(21)41-32/h2-7,10-15H,1,8-9,16-18H2,(H2,33,35). The van der Waals surface area contributed by atoms with Gasteiger partial charge in [0.2, 0.25) is 0 Å². The second kappa shape index (κ2) is 10.2. The van der Waals surface area contributed by atoms with E-state index in [1.54, 1.807) is 34.0 Å². The number of benzene rings is 3. The smallest absolute Gasteiger partial charge is 0.141 e. The zero-order chi connectivity index (χ0) is 27.3. The maximum atomic E-state index is 7.28. The molecule has 0 aliphatic carbocycles. The number of pyridine rings is 1. The number of anilines is 2. The summed E-state index contributed by atoms with van der Waals surface area (Å²) in [5, 5.41) is 2.82. The number of thiazole rings is 3.